The molecule has 1 saturated carbocycles. The second kappa shape index (κ2) is 8.65. The number of methoxy groups -OCH3 is 1. The van der Waals surface area contributed by atoms with Crippen LogP contribution in [0.1, 0.15) is 13.3 Å². The van der Waals surface area contributed by atoms with Crippen molar-refractivity contribution in [3.05, 3.63) is 11.9 Å². The summed E-state index contributed by atoms with van der Waals surface area (Å²) in [6.45, 7) is 1.48. The average Bonchev–Trinajstić information content (AvgIpc) is 2.70. The molecule has 0 spiro atoms. The summed E-state index contributed by atoms with van der Waals surface area (Å²) in [4.78, 5) is 19.2. The highest BCUT2D eigenvalue weighted by Gasteiger charge is 2.45. The molecule has 8 nitrogen and oxygen atoms in total. The van der Waals surface area contributed by atoms with E-state index in [0.717, 1.165) is 12.9 Å². The largest absolute Gasteiger partial charge is 0.473 e. The molecule has 23 heavy (non-hydrogen) atoms. The molecule has 1 fully saturated rings. The summed E-state index contributed by atoms with van der Waals surface area (Å²) in [6, 6.07) is 0. The number of ether oxygens (including phenoxy) is 1. The topological polar surface area (TPSA) is 112 Å². The monoisotopic (exact) mass is 388 g/mol. The zero-order chi connectivity index (χ0) is 17.8. The third kappa shape index (κ3) is 6.65. The highest BCUT2D eigenvalue weighted by atomic mass is 32.1. The zero-order valence-corrected chi connectivity index (χ0v) is 16.1. The van der Waals surface area contributed by atoms with Crippen molar-refractivity contribution in [2.24, 2.45) is 5.92 Å². The van der Waals surface area contributed by atoms with Gasteiger partial charge in [-0.1, -0.05) is 6.08 Å². The predicted molar refractivity (Wildman–Crippen MR) is 91.4 cm³/mol. The molecule has 0 saturated heterocycles. The molecule has 0 aliphatic heterocycles. The lowest BCUT2D eigenvalue weighted by Crippen LogP contribution is -2.31. The van der Waals surface area contributed by atoms with Crippen LogP contribution in [0, 0.1) is 5.92 Å². The van der Waals surface area contributed by atoms with Gasteiger partial charge in [-0.05, 0) is 19.2 Å². The summed E-state index contributed by atoms with van der Waals surface area (Å²) in [5.74, 6) is 0.669. The Hall–Kier alpha value is 0.375. The first-order chi connectivity index (χ1) is 10.5. The summed E-state index contributed by atoms with van der Waals surface area (Å²) in [6.07, 6.45) is 0.754. The molecule has 134 valence electrons. The maximum atomic E-state index is 12.0. The van der Waals surface area contributed by atoms with Gasteiger partial charge in [-0.3, -0.25) is 13.6 Å². The smallest absolute Gasteiger partial charge is 0.379 e. The van der Waals surface area contributed by atoms with Gasteiger partial charge in [0.2, 0.25) is 0 Å². The van der Waals surface area contributed by atoms with Gasteiger partial charge in [-0.15, -0.1) is 12.6 Å². The van der Waals surface area contributed by atoms with Gasteiger partial charge in [0.05, 0.1) is 6.10 Å². The highest BCUT2D eigenvalue weighted by molar-refractivity contribution is 7.81. The van der Waals surface area contributed by atoms with Crippen molar-refractivity contribution in [3.8, 4) is 0 Å². The van der Waals surface area contributed by atoms with Crippen molar-refractivity contribution in [2.45, 2.75) is 36.8 Å². The summed E-state index contributed by atoms with van der Waals surface area (Å²) < 4.78 is 43.4. The van der Waals surface area contributed by atoms with Crippen molar-refractivity contribution >= 4 is 35.9 Å². The predicted octanol–water partition coefficient (Wildman–Crippen LogP) is 1.57. The molecule has 1 rings (SSSR count). The third-order valence-electron chi connectivity index (χ3n) is 3.55. The fraction of sp³-hybridized carbons (Fsp3) is 0.818. The first kappa shape index (κ1) is 21.4. The molecule has 0 radical (unpaired) electrons. The number of hydrogen-bond donors (Lipinski definition) is 3. The number of phosphoric acid groups is 1. The number of rotatable bonds is 8. The molecule has 0 bridgehead atoms. The maximum absolute atomic E-state index is 12.0. The van der Waals surface area contributed by atoms with Crippen LogP contribution in [0.4, 0.5) is 0 Å². The summed E-state index contributed by atoms with van der Waals surface area (Å²) in [5.41, 5.74) is -0.786. The molecule has 0 aromatic carbocycles. The lowest BCUT2D eigenvalue weighted by molar-refractivity contribution is -0.00712. The van der Waals surface area contributed by atoms with E-state index in [-0.39, 0.29) is 5.82 Å². The van der Waals surface area contributed by atoms with Crippen LogP contribution in [0.3, 0.4) is 0 Å². The fourth-order valence-corrected chi connectivity index (χ4v) is 4.55. The van der Waals surface area contributed by atoms with Gasteiger partial charge in [-0.25, -0.2) is 4.57 Å². The minimum Gasteiger partial charge on any atom is -0.379 e. The Labute approximate surface area is 142 Å². The van der Waals surface area contributed by atoms with Crippen molar-refractivity contribution in [1.82, 2.24) is 0 Å². The van der Waals surface area contributed by atoms with Gasteiger partial charge in [-0.2, -0.15) is 0 Å². The summed E-state index contributed by atoms with van der Waals surface area (Å²) in [7, 11) is -3.67. The van der Waals surface area contributed by atoms with Crippen LogP contribution in [0.5, 0.6) is 0 Å². The van der Waals surface area contributed by atoms with Crippen molar-refractivity contribution in [3.63, 3.8) is 0 Å². The summed E-state index contributed by atoms with van der Waals surface area (Å²) in [5, 5.41) is 0. The van der Waals surface area contributed by atoms with Crippen molar-refractivity contribution < 1.29 is 37.2 Å². The Kier molecular flexibility index (Phi) is 8.06. The SMILES string of the molecule is B[C@H]1C[C@H](/C=C/P(=O)(O)OC)[C@@H](OP(=O)(O)O[C@H](C)S)[C@H]1OC. The first-order valence-electron chi connectivity index (χ1n) is 6.99. The van der Waals surface area contributed by atoms with Crippen LogP contribution in [-0.2, 0) is 27.4 Å². The number of hydrogen-bond acceptors (Lipinski definition) is 7. The van der Waals surface area contributed by atoms with Gasteiger partial charge >= 0.3 is 15.4 Å². The molecule has 1 aliphatic carbocycles. The Balaban J connectivity index is 2.96. The van der Waals surface area contributed by atoms with E-state index >= 15 is 0 Å². The molecule has 7 atom stereocenters. The summed E-state index contributed by atoms with van der Waals surface area (Å²) >= 11 is 3.90. The standard InChI is InChI=1S/C11H23BO8P2S/c1-7(23)19-22(15,16)20-10-8(4-5-21(13,14)18-3)6-9(12)11(10)17-2/h4-5,7-11,23H,6,12H2,1-3H3,(H,13,14)(H,15,16)/b5-4+/t7-,8-,9-,10+,11-/m0/s1. The molecular formula is C11H23BO8P2S. The average molecular weight is 388 g/mol. The Morgan fingerprint density at radius 2 is 1.91 bits per heavy atom. The molecule has 0 heterocycles. The molecule has 0 aromatic heterocycles. The quantitative estimate of drug-likeness (QED) is 0.249. The third-order valence-corrected chi connectivity index (χ3v) is 5.98. The minimum atomic E-state index is -4.34. The van der Waals surface area contributed by atoms with Crippen LogP contribution in [0.25, 0.3) is 0 Å². The molecule has 12 heteroatoms. The van der Waals surface area contributed by atoms with Crippen LogP contribution in [0.15, 0.2) is 11.9 Å². The van der Waals surface area contributed by atoms with E-state index < -0.39 is 39.0 Å². The van der Waals surface area contributed by atoms with Gasteiger partial charge < -0.3 is 19.0 Å². The van der Waals surface area contributed by atoms with E-state index in [9.17, 15) is 18.9 Å². The Morgan fingerprint density at radius 3 is 2.39 bits per heavy atom. The van der Waals surface area contributed by atoms with Crippen molar-refractivity contribution in [2.75, 3.05) is 14.2 Å². The molecule has 2 unspecified atom stereocenters. The van der Waals surface area contributed by atoms with E-state index in [0.29, 0.717) is 6.42 Å². The molecule has 1 aliphatic rings. The number of phosphoric ester groups is 1. The zero-order valence-electron chi connectivity index (χ0n) is 13.4. The number of thiol groups is 1. The first-order valence-corrected chi connectivity index (χ1v) is 10.6. The lowest BCUT2D eigenvalue weighted by atomic mass is 9.83. The van der Waals surface area contributed by atoms with Crippen molar-refractivity contribution in [1.29, 1.82) is 0 Å². The van der Waals surface area contributed by atoms with Gasteiger partial charge in [0, 0.05) is 26.0 Å². The fourth-order valence-electron chi connectivity index (χ4n) is 2.61. The van der Waals surface area contributed by atoms with Crippen LogP contribution in [0.2, 0.25) is 5.82 Å². The van der Waals surface area contributed by atoms with E-state index in [1.165, 1.54) is 20.1 Å². The van der Waals surface area contributed by atoms with E-state index in [1.807, 2.05) is 7.85 Å². The van der Waals surface area contributed by atoms with Gasteiger partial charge in [0.1, 0.15) is 19.4 Å². The molecule has 0 amide bonds. The Morgan fingerprint density at radius 1 is 1.30 bits per heavy atom. The van der Waals surface area contributed by atoms with Crippen LogP contribution in [-0.4, -0.2) is 49.5 Å². The second-order valence-corrected chi connectivity index (χ2v) is 9.29. The minimum absolute atomic E-state index is 0.0219. The van der Waals surface area contributed by atoms with E-state index in [4.69, 9.17) is 13.8 Å². The Bertz CT molecular complexity index is 516. The van der Waals surface area contributed by atoms with E-state index in [1.54, 1.807) is 0 Å². The highest BCUT2D eigenvalue weighted by Crippen LogP contribution is 2.52. The normalized spacial score (nSPS) is 35.0. The second-order valence-electron chi connectivity index (χ2n) is 5.41. The van der Waals surface area contributed by atoms with Gasteiger partial charge in [0.25, 0.3) is 0 Å². The van der Waals surface area contributed by atoms with Crippen LogP contribution < -0.4 is 0 Å². The van der Waals surface area contributed by atoms with Crippen LogP contribution >= 0.6 is 28.0 Å². The van der Waals surface area contributed by atoms with Gasteiger partial charge in [0.15, 0.2) is 0 Å². The lowest BCUT2D eigenvalue weighted by Gasteiger charge is -2.26. The maximum Gasteiger partial charge on any atom is 0.473 e. The molecular weight excluding hydrogens is 365 g/mol. The molecule has 0 aromatic rings. The van der Waals surface area contributed by atoms with E-state index in [2.05, 4.69) is 17.2 Å². The molecule has 2 N–H and O–H groups in total.